The number of halogens is 1. The Kier molecular flexibility index (Phi) is 2.70. The van der Waals surface area contributed by atoms with E-state index in [-0.39, 0.29) is 0 Å². The Hall–Kier alpha value is -1.39. The number of aliphatic hydroxyl groups excluding tert-OH is 1. The highest BCUT2D eigenvalue weighted by atomic mass is 35.5. The lowest BCUT2D eigenvalue weighted by molar-refractivity contribution is 0.215. The first kappa shape index (κ1) is 10.1. The van der Waals surface area contributed by atoms with E-state index in [1.807, 2.05) is 0 Å². The van der Waals surface area contributed by atoms with Gasteiger partial charge in [-0.15, -0.1) is 0 Å². The van der Waals surface area contributed by atoms with Crippen molar-refractivity contribution in [2.45, 2.75) is 6.10 Å². The molecule has 2 aromatic rings. The molecule has 1 N–H and O–H groups in total. The average molecular weight is 224 g/mol. The Morgan fingerprint density at radius 3 is 2.93 bits per heavy atom. The SMILES string of the molecule is Cn1cc(C(O)c2ncccc2Cl)cn1. The van der Waals surface area contributed by atoms with Gasteiger partial charge in [0.15, 0.2) is 0 Å². The molecule has 0 aliphatic carbocycles. The second-order valence-electron chi connectivity index (χ2n) is 3.22. The highest BCUT2D eigenvalue weighted by molar-refractivity contribution is 6.31. The molecule has 0 amide bonds. The summed E-state index contributed by atoms with van der Waals surface area (Å²) in [6.07, 6.45) is 4.10. The Bertz CT molecular complexity index is 469. The van der Waals surface area contributed by atoms with Crippen LogP contribution >= 0.6 is 11.6 Å². The first-order valence-electron chi connectivity index (χ1n) is 4.45. The highest BCUT2D eigenvalue weighted by Gasteiger charge is 2.16. The van der Waals surface area contributed by atoms with Crippen LogP contribution < -0.4 is 0 Å². The average Bonchev–Trinajstić information content (AvgIpc) is 2.65. The molecule has 15 heavy (non-hydrogen) atoms. The summed E-state index contributed by atoms with van der Waals surface area (Å²) < 4.78 is 1.62. The van der Waals surface area contributed by atoms with E-state index < -0.39 is 6.10 Å². The molecular formula is C10H10ClN3O. The van der Waals surface area contributed by atoms with Crippen molar-refractivity contribution in [1.82, 2.24) is 14.8 Å². The number of aromatic nitrogens is 3. The van der Waals surface area contributed by atoms with Gasteiger partial charge in [-0.3, -0.25) is 9.67 Å². The molecule has 1 unspecified atom stereocenters. The first-order chi connectivity index (χ1) is 7.18. The van der Waals surface area contributed by atoms with Gasteiger partial charge in [-0.2, -0.15) is 5.10 Å². The summed E-state index contributed by atoms with van der Waals surface area (Å²) >= 11 is 5.93. The van der Waals surface area contributed by atoms with Crippen molar-refractivity contribution in [3.8, 4) is 0 Å². The summed E-state index contributed by atoms with van der Waals surface area (Å²) in [6.45, 7) is 0. The lowest BCUT2D eigenvalue weighted by atomic mass is 10.1. The number of hydrogen-bond donors (Lipinski definition) is 1. The molecule has 5 heteroatoms. The second kappa shape index (κ2) is 4.00. The van der Waals surface area contributed by atoms with Gasteiger partial charge in [0, 0.05) is 25.0 Å². The predicted molar refractivity (Wildman–Crippen MR) is 56.5 cm³/mol. The molecule has 1 atom stereocenters. The van der Waals surface area contributed by atoms with Crippen molar-refractivity contribution >= 4 is 11.6 Å². The standard InChI is InChI=1S/C10H10ClN3O/c1-14-6-7(5-13-14)10(15)9-8(11)3-2-4-12-9/h2-6,10,15H,1H3. The number of aliphatic hydroxyl groups is 1. The Balaban J connectivity index is 2.36. The van der Waals surface area contributed by atoms with Gasteiger partial charge < -0.3 is 5.11 Å². The van der Waals surface area contributed by atoms with Crippen LogP contribution in [-0.2, 0) is 7.05 Å². The predicted octanol–water partition coefficient (Wildman–Crippen LogP) is 1.55. The van der Waals surface area contributed by atoms with Crippen molar-refractivity contribution in [2.75, 3.05) is 0 Å². The third-order valence-electron chi connectivity index (χ3n) is 2.09. The monoisotopic (exact) mass is 223 g/mol. The molecule has 2 rings (SSSR count). The maximum Gasteiger partial charge on any atom is 0.125 e. The summed E-state index contributed by atoms with van der Waals surface area (Å²) in [5.41, 5.74) is 1.13. The molecule has 2 aromatic heterocycles. The summed E-state index contributed by atoms with van der Waals surface area (Å²) in [7, 11) is 1.79. The van der Waals surface area contributed by atoms with Crippen molar-refractivity contribution in [3.63, 3.8) is 0 Å². The van der Waals surface area contributed by atoms with Crippen LogP contribution in [0.2, 0.25) is 5.02 Å². The number of nitrogens with zero attached hydrogens (tertiary/aromatic N) is 3. The smallest absolute Gasteiger partial charge is 0.125 e. The maximum atomic E-state index is 9.99. The van der Waals surface area contributed by atoms with Crippen LogP contribution in [0.25, 0.3) is 0 Å². The third-order valence-corrected chi connectivity index (χ3v) is 2.41. The quantitative estimate of drug-likeness (QED) is 0.841. The number of aryl methyl sites for hydroxylation is 1. The van der Waals surface area contributed by atoms with E-state index in [9.17, 15) is 5.11 Å². The fourth-order valence-corrected chi connectivity index (χ4v) is 1.56. The fourth-order valence-electron chi connectivity index (χ4n) is 1.34. The van der Waals surface area contributed by atoms with Gasteiger partial charge in [0.1, 0.15) is 6.10 Å². The van der Waals surface area contributed by atoms with Crippen LogP contribution in [0.1, 0.15) is 17.4 Å². The van der Waals surface area contributed by atoms with E-state index in [0.29, 0.717) is 16.3 Å². The second-order valence-corrected chi connectivity index (χ2v) is 3.63. The number of rotatable bonds is 2. The van der Waals surface area contributed by atoms with Gasteiger partial charge in [-0.05, 0) is 12.1 Å². The number of hydrogen-bond acceptors (Lipinski definition) is 3. The van der Waals surface area contributed by atoms with E-state index in [1.54, 1.807) is 42.5 Å². The van der Waals surface area contributed by atoms with Crippen molar-refractivity contribution < 1.29 is 5.11 Å². The minimum absolute atomic E-state index is 0.451. The van der Waals surface area contributed by atoms with E-state index in [1.165, 1.54) is 0 Å². The minimum Gasteiger partial charge on any atom is -0.382 e. The van der Waals surface area contributed by atoms with Gasteiger partial charge in [-0.1, -0.05) is 11.6 Å². The van der Waals surface area contributed by atoms with Crippen LogP contribution in [-0.4, -0.2) is 19.9 Å². The van der Waals surface area contributed by atoms with Crippen LogP contribution in [0.15, 0.2) is 30.7 Å². The first-order valence-corrected chi connectivity index (χ1v) is 4.83. The molecule has 0 aliphatic rings. The zero-order valence-corrected chi connectivity index (χ0v) is 8.89. The molecule has 0 aromatic carbocycles. The molecule has 0 saturated heterocycles. The van der Waals surface area contributed by atoms with Gasteiger partial charge >= 0.3 is 0 Å². The van der Waals surface area contributed by atoms with Gasteiger partial charge in [0.05, 0.1) is 16.9 Å². The van der Waals surface area contributed by atoms with E-state index >= 15 is 0 Å². The van der Waals surface area contributed by atoms with E-state index in [0.717, 1.165) is 0 Å². The van der Waals surface area contributed by atoms with Crippen LogP contribution in [0, 0.1) is 0 Å². The lowest BCUT2D eigenvalue weighted by Crippen LogP contribution is -2.01. The summed E-state index contributed by atoms with van der Waals surface area (Å²) in [5, 5.41) is 14.4. The Morgan fingerprint density at radius 1 is 1.53 bits per heavy atom. The highest BCUT2D eigenvalue weighted by Crippen LogP contribution is 2.25. The molecule has 4 nitrogen and oxygen atoms in total. The van der Waals surface area contributed by atoms with Crippen molar-refractivity contribution in [2.24, 2.45) is 7.05 Å². The molecule has 0 bridgehead atoms. The van der Waals surface area contributed by atoms with Crippen LogP contribution in [0.4, 0.5) is 0 Å². The molecular weight excluding hydrogens is 214 g/mol. The van der Waals surface area contributed by atoms with E-state index in [2.05, 4.69) is 10.1 Å². The third kappa shape index (κ3) is 2.00. The van der Waals surface area contributed by atoms with Crippen molar-refractivity contribution in [1.29, 1.82) is 0 Å². The van der Waals surface area contributed by atoms with Crippen LogP contribution in [0.3, 0.4) is 0 Å². The van der Waals surface area contributed by atoms with Gasteiger partial charge in [0.2, 0.25) is 0 Å². The van der Waals surface area contributed by atoms with Gasteiger partial charge in [-0.25, -0.2) is 0 Å². The maximum absolute atomic E-state index is 9.99. The molecule has 0 saturated carbocycles. The van der Waals surface area contributed by atoms with Crippen molar-refractivity contribution in [3.05, 3.63) is 47.0 Å². The zero-order valence-electron chi connectivity index (χ0n) is 8.13. The minimum atomic E-state index is -0.826. The molecule has 0 aliphatic heterocycles. The molecule has 2 heterocycles. The van der Waals surface area contributed by atoms with Crippen LogP contribution in [0.5, 0.6) is 0 Å². The Labute approximate surface area is 92.1 Å². The molecule has 0 fully saturated rings. The normalized spacial score (nSPS) is 12.7. The molecule has 0 radical (unpaired) electrons. The lowest BCUT2D eigenvalue weighted by Gasteiger charge is -2.08. The topological polar surface area (TPSA) is 50.9 Å². The Morgan fingerprint density at radius 2 is 2.33 bits per heavy atom. The van der Waals surface area contributed by atoms with Gasteiger partial charge in [0.25, 0.3) is 0 Å². The zero-order chi connectivity index (χ0) is 10.8. The summed E-state index contributed by atoms with van der Waals surface area (Å²) in [5.74, 6) is 0. The number of pyridine rings is 1. The van der Waals surface area contributed by atoms with E-state index in [4.69, 9.17) is 11.6 Å². The fraction of sp³-hybridized carbons (Fsp3) is 0.200. The largest absolute Gasteiger partial charge is 0.382 e. The molecule has 78 valence electrons. The summed E-state index contributed by atoms with van der Waals surface area (Å²) in [4.78, 5) is 4.04. The summed E-state index contributed by atoms with van der Waals surface area (Å²) in [6, 6.07) is 3.42. The molecule has 0 spiro atoms.